The summed E-state index contributed by atoms with van der Waals surface area (Å²) in [5.41, 5.74) is 1.57. The molecule has 142 valence electrons. The van der Waals surface area contributed by atoms with Gasteiger partial charge in [0.25, 0.3) is 0 Å². The Morgan fingerprint density at radius 1 is 1.27 bits per heavy atom. The minimum Gasteiger partial charge on any atom is -0.356 e. The zero-order valence-corrected chi connectivity index (χ0v) is 19.1. The number of hydrogen-bond acceptors (Lipinski definition) is 3. The van der Waals surface area contributed by atoms with Gasteiger partial charge in [0.05, 0.1) is 5.01 Å². The second-order valence-electron chi connectivity index (χ2n) is 6.61. The summed E-state index contributed by atoms with van der Waals surface area (Å²) in [5.74, 6) is 0.855. The van der Waals surface area contributed by atoms with Crippen LogP contribution in [0.1, 0.15) is 34.7 Å². The normalized spacial score (nSPS) is 15.7. The highest BCUT2D eigenvalue weighted by molar-refractivity contribution is 14.0. The quantitative estimate of drug-likeness (QED) is 0.345. The molecule has 7 heteroatoms. The highest BCUT2D eigenvalue weighted by Crippen LogP contribution is 2.43. The van der Waals surface area contributed by atoms with Gasteiger partial charge < -0.3 is 10.6 Å². The minimum atomic E-state index is 0. The van der Waals surface area contributed by atoms with E-state index >= 15 is 0 Å². The Morgan fingerprint density at radius 2 is 2.00 bits per heavy atom. The number of rotatable bonds is 6. The molecule has 1 aromatic heterocycles. The van der Waals surface area contributed by atoms with Gasteiger partial charge in [0.1, 0.15) is 0 Å². The monoisotopic (exact) mass is 504 g/mol. The van der Waals surface area contributed by atoms with Crippen molar-refractivity contribution >= 4 is 52.9 Å². The highest BCUT2D eigenvalue weighted by atomic mass is 127. The van der Waals surface area contributed by atoms with Gasteiger partial charge in [-0.05, 0) is 37.5 Å². The summed E-state index contributed by atoms with van der Waals surface area (Å²) in [6.45, 7) is 3.81. The SMILES string of the molecule is CN=C(NCCc1ncc(C)s1)NCC1(c2ccc(Cl)cc2)CCC1.I. The molecule has 0 amide bonds. The van der Waals surface area contributed by atoms with Crippen LogP contribution in [0.25, 0.3) is 0 Å². The molecule has 1 aromatic carbocycles. The number of nitrogens with one attached hydrogen (secondary N) is 2. The number of aliphatic imine (C=N–C) groups is 1. The first-order valence-corrected chi connectivity index (χ1v) is 9.93. The second kappa shape index (κ2) is 9.90. The molecule has 1 aliphatic carbocycles. The number of thiazole rings is 1. The summed E-state index contributed by atoms with van der Waals surface area (Å²) in [7, 11) is 1.82. The van der Waals surface area contributed by atoms with Crippen molar-refractivity contribution in [1.82, 2.24) is 15.6 Å². The smallest absolute Gasteiger partial charge is 0.191 e. The Kier molecular flexibility index (Phi) is 8.16. The first-order valence-electron chi connectivity index (χ1n) is 8.73. The van der Waals surface area contributed by atoms with E-state index in [4.69, 9.17) is 11.6 Å². The molecule has 0 aliphatic heterocycles. The van der Waals surface area contributed by atoms with Crippen molar-refractivity contribution in [2.24, 2.45) is 4.99 Å². The number of guanidine groups is 1. The predicted octanol–water partition coefficient (Wildman–Crippen LogP) is 4.55. The Labute approximate surface area is 181 Å². The molecule has 0 spiro atoms. The summed E-state index contributed by atoms with van der Waals surface area (Å²) < 4.78 is 0. The molecule has 26 heavy (non-hydrogen) atoms. The van der Waals surface area contributed by atoms with Crippen LogP contribution in [-0.2, 0) is 11.8 Å². The van der Waals surface area contributed by atoms with Gasteiger partial charge in [-0.25, -0.2) is 4.98 Å². The maximum atomic E-state index is 6.03. The summed E-state index contributed by atoms with van der Waals surface area (Å²) in [6.07, 6.45) is 6.54. The summed E-state index contributed by atoms with van der Waals surface area (Å²) in [4.78, 5) is 10.0. The van der Waals surface area contributed by atoms with Crippen LogP contribution in [0.4, 0.5) is 0 Å². The van der Waals surface area contributed by atoms with Gasteiger partial charge in [-0.2, -0.15) is 0 Å². The first-order chi connectivity index (χ1) is 12.1. The van der Waals surface area contributed by atoms with Crippen LogP contribution < -0.4 is 10.6 Å². The standard InChI is InChI=1S/C19H25ClN4S.HI/c1-14-12-23-17(25-14)8-11-22-18(21-2)24-13-19(9-3-10-19)15-4-6-16(20)7-5-15;/h4-7,12H,3,8-11,13H2,1-2H3,(H2,21,22,24);1H. The van der Waals surface area contributed by atoms with E-state index in [9.17, 15) is 0 Å². The molecule has 0 unspecified atom stereocenters. The van der Waals surface area contributed by atoms with Crippen molar-refractivity contribution in [3.63, 3.8) is 0 Å². The van der Waals surface area contributed by atoms with Gasteiger partial charge in [-0.15, -0.1) is 35.3 Å². The Balaban J connectivity index is 0.00000243. The molecular formula is C19H26ClIN4S. The lowest BCUT2D eigenvalue weighted by Gasteiger charge is -2.43. The van der Waals surface area contributed by atoms with Crippen molar-refractivity contribution in [1.29, 1.82) is 0 Å². The number of benzene rings is 1. The third-order valence-corrected chi connectivity index (χ3v) is 6.11. The van der Waals surface area contributed by atoms with Gasteiger partial charge in [0.2, 0.25) is 0 Å². The molecule has 0 saturated heterocycles. The van der Waals surface area contributed by atoms with Gasteiger partial charge in [0.15, 0.2) is 5.96 Å². The molecular weight excluding hydrogens is 479 g/mol. The molecule has 4 nitrogen and oxygen atoms in total. The van der Waals surface area contributed by atoms with Crippen LogP contribution in [0.2, 0.25) is 5.02 Å². The van der Waals surface area contributed by atoms with E-state index in [2.05, 4.69) is 39.7 Å². The molecule has 1 fully saturated rings. The fourth-order valence-corrected chi connectivity index (χ4v) is 4.17. The molecule has 0 atom stereocenters. The zero-order valence-electron chi connectivity index (χ0n) is 15.2. The topological polar surface area (TPSA) is 49.3 Å². The number of halogens is 2. The van der Waals surface area contributed by atoms with Crippen LogP contribution in [-0.4, -0.2) is 31.1 Å². The fraction of sp³-hybridized carbons (Fsp3) is 0.474. The Hall–Kier alpha value is -0.860. The average molecular weight is 505 g/mol. The van der Waals surface area contributed by atoms with Crippen LogP contribution >= 0.6 is 46.9 Å². The molecule has 0 bridgehead atoms. The molecule has 1 aliphatic rings. The van der Waals surface area contributed by atoms with Gasteiger partial charge in [0, 0.05) is 48.1 Å². The van der Waals surface area contributed by atoms with Crippen molar-refractivity contribution < 1.29 is 0 Å². The molecule has 3 rings (SSSR count). The Bertz CT molecular complexity index is 725. The molecule has 2 aromatic rings. The maximum absolute atomic E-state index is 6.03. The number of nitrogens with zero attached hydrogens (tertiary/aromatic N) is 2. The van der Waals surface area contributed by atoms with Gasteiger partial charge in [-0.1, -0.05) is 30.2 Å². The van der Waals surface area contributed by atoms with E-state index in [0.717, 1.165) is 35.5 Å². The van der Waals surface area contributed by atoms with E-state index in [1.807, 2.05) is 25.4 Å². The van der Waals surface area contributed by atoms with Crippen LogP contribution in [0.5, 0.6) is 0 Å². The molecule has 1 heterocycles. The van der Waals surface area contributed by atoms with E-state index < -0.39 is 0 Å². The van der Waals surface area contributed by atoms with E-state index in [-0.39, 0.29) is 29.4 Å². The minimum absolute atomic E-state index is 0. The average Bonchev–Trinajstić information content (AvgIpc) is 2.99. The molecule has 1 saturated carbocycles. The van der Waals surface area contributed by atoms with E-state index in [1.165, 1.54) is 29.7 Å². The first kappa shape index (κ1) is 21.4. The van der Waals surface area contributed by atoms with Crippen molar-refractivity contribution in [3.8, 4) is 0 Å². The largest absolute Gasteiger partial charge is 0.356 e. The third kappa shape index (κ3) is 5.33. The lowest BCUT2D eigenvalue weighted by Crippen LogP contribution is -2.49. The van der Waals surface area contributed by atoms with Crippen molar-refractivity contribution in [3.05, 3.63) is 50.9 Å². The summed E-state index contributed by atoms with van der Waals surface area (Å²) >= 11 is 7.79. The van der Waals surface area contributed by atoms with E-state index in [1.54, 1.807) is 11.3 Å². The van der Waals surface area contributed by atoms with Crippen molar-refractivity contribution in [2.45, 2.75) is 38.0 Å². The number of aryl methyl sites for hydroxylation is 1. The second-order valence-corrected chi connectivity index (χ2v) is 8.36. The number of aromatic nitrogens is 1. The van der Waals surface area contributed by atoms with Crippen LogP contribution in [0.15, 0.2) is 35.5 Å². The van der Waals surface area contributed by atoms with Crippen molar-refractivity contribution in [2.75, 3.05) is 20.1 Å². The predicted molar refractivity (Wildman–Crippen MR) is 122 cm³/mol. The van der Waals surface area contributed by atoms with Crippen LogP contribution in [0.3, 0.4) is 0 Å². The third-order valence-electron chi connectivity index (χ3n) is 4.89. The number of hydrogen-bond donors (Lipinski definition) is 2. The van der Waals surface area contributed by atoms with E-state index in [0.29, 0.717) is 0 Å². The maximum Gasteiger partial charge on any atom is 0.191 e. The molecule has 2 N–H and O–H groups in total. The summed E-state index contributed by atoms with van der Waals surface area (Å²) in [6, 6.07) is 8.29. The molecule has 0 radical (unpaired) electrons. The van der Waals surface area contributed by atoms with Gasteiger partial charge in [-0.3, -0.25) is 4.99 Å². The lowest BCUT2D eigenvalue weighted by molar-refractivity contribution is 0.244. The van der Waals surface area contributed by atoms with Crippen LogP contribution in [0, 0.1) is 6.92 Å². The van der Waals surface area contributed by atoms with Gasteiger partial charge >= 0.3 is 0 Å². The summed E-state index contributed by atoms with van der Waals surface area (Å²) in [5, 5.41) is 8.86. The Morgan fingerprint density at radius 3 is 2.54 bits per heavy atom. The highest BCUT2D eigenvalue weighted by Gasteiger charge is 2.38. The fourth-order valence-electron chi connectivity index (χ4n) is 3.25. The zero-order chi connectivity index (χ0) is 17.7. The lowest BCUT2D eigenvalue weighted by atomic mass is 9.64.